The number of benzene rings is 12. The molecule has 0 amide bonds. The van der Waals surface area contributed by atoms with Crippen molar-refractivity contribution in [3.8, 4) is 62.4 Å². The Bertz CT molecular complexity index is 5200. The maximum atomic E-state index is 6.93. The number of hydrogen-bond acceptors (Lipinski definition) is 4. The maximum Gasteiger partial charge on any atom is 0.166 e. The van der Waals surface area contributed by atoms with E-state index in [-0.39, 0.29) is 0 Å². The van der Waals surface area contributed by atoms with Gasteiger partial charge in [-0.3, -0.25) is 0 Å². The predicted molar refractivity (Wildman–Crippen MR) is 329 cm³/mol. The van der Waals surface area contributed by atoms with Crippen molar-refractivity contribution in [1.29, 1.82) is 0 Å². The summed E-state index contributed by atoms with van der Waals surface area (Å²) in [6.07, 6.45) is 0. The highest BCUT2D eigenvalue weighted by Crippen LogP contribution is 2.45. The monoisotopic (exact) mass is 1020 g/mol. The summed E-state index contributed by atoms with van der Waals surface area (Å²) in [5.41, 5.74) is 15.7. The van der Waals surface area contributed by atoms with E-state index in [1.165, 1.54) is 21.5 Å². The molecule has 7 heteroatoms. The first kappa shape index (κ1) is 44.3. The molecule has 0 aliphatic rings. The third kappa shape index (κ3) is 6.58. The average molecular weight is 1020 g/mol. The zero-order valence-corrected chi connectivity index (χ0v) is 43.0. The van der Waals surface area contributed by atoms with Gasteiger partial charge in [-0.15, -0.1) is 0 Å². The van der Waals surface area contributed by atoms with Crippen LogP contribution in [0.15, 0.2) is 271 Å². The van der Waals surface area contributed by atoms with Crippen LogP contribution in [0.5, 0.6) is 0 Å². The Morgan fingerprint density at radius 2 is 0.700 bits per heavy atom. The van der Waals surface area contributed by atoms with Crippen LogP contribution in [-0.2, 0) is 0 Å². The molecule has 17 rings (SSSR count). The van der Waals surface area contributed by atoms with E-state index in [9.17, 15) is 0 Å². The van der Waals surface area contributed by atoms with Crippen LogP contribution in [-0.4, -0.2) is 28.7 Å². The highest BCUT2D eigenvalue weighted by atomic mass is 16.3. The third-order valence-corrected chi connectivity index (χ3v) is 16.3. The summed E-state index contributed by atoms with van der Waals surface area (Å²) in [5.74, 6) is 1.65. The van der Waals surface area contributed by atoms with Gasteiger partial charge in [-0.05, 0) is 107 Å². The predicted octanol–water partition coefficient (Wildman–Crippen LogP) is 18.9. The Morgan fingerprint density at radius 3 is 1.30 bits per heavy atom. The number of fused-ring (bicyclic) bond motifs is 13. The summed E-state index contributed by atoms with van der Waals surface area (Å²) < 4.78 is 14.0. The van der Waals surface area contributed by atoms with Gasteiger partial charge in [0.1, 0.15) is 11.2 Å². The molecule has 372 valence electrons. The largest absolute Gasteiger partial charge is 0.455 e. The van der Waals surface area contributed by atoms with E-state index in [0.717, 1.165) is 121 Å². The fourth-order valence-electron chi connectivity index (χ4n) is 12.8. The molecule has 0 saturated carbocycles. The molecule has 17 aromatic rings. The standard InChI is InChI=1S/C73H44N6O/c1-3-22-47(23-4-1)78-64-37-14-9-26-50(64)54-30-17-34-59(68(54)78)72-74-71(75-73(76-72)60-35-18-31-55-51-27-10-15-38-65(51)79(69(55)60)48-24-5-2-6-25-48)58-41-40-49(44-61(58)57-33-19-32-56-53-29-12-16-39-67(53)80-70(56)57)77-63-36-13-11-28-52(63)62-42-45-20-7-8-21-46(45)43-66(62)77/h1-44H. The number of para-hydroxylation sites is 9. The first-order valence-corrected chi connectivity index (χ1v) is 27.1. The van der Waals surface area contributed by atoms with Crippen LogP contribution < -0.4 is 0 Å². The minimum Gasteiger partial charge on any atom is -0.455 e. The Labute approximate surface area is 458 Å². The van der Waals surface area contributed by atoms with Gasteiger partial charge in [0.15, 0.2) is 17.5 Å². The quantitative estimate of drug-likeness (QED) is 0.160. The first-order valence-electron chi connectivity index (χ1n) is 27.1. The summed E-state index contributed by atoms with van der Waals surface area (Å²) in [4.78, 5) is 17.1. The molecule has 0 radical (unpaired) electrons. The van der Waals surface area contributed by atoms with Gasteiger partial charge in [0.05, 0.1) is 33.1 Å². The van der Waals surface area contributed by atoms with Gasteiger partial charge < -0.3 is 18.1 Å². The average Bonchev–Trinajstić information content (AvgIpc) is 4.47. The fourth-order valence-corrected chi connectivity index (χ4v) is 12.8. The Balaban J connectivity index is 0.999. The van der Waals surface area contributed by atoms with Gasteiger partial charge in [-0.25, -0.2) is 15.0 Å². The second-order valence-electron chi connectivity index (χ2n) is 20.7. The SMILES string of the molecule is c1ccc(-n2c3ccccc3c3cccc(-c4nc(-c5ccc(-n6c7ccccc7c7cc8ccccc8cc76)cc5-c5cccc6c5oc5ccccc56)nc(-c5cccc6c7ccccc7n(-c7ccccc7)c56)n4)c32)cc1. The number of hydrogen-bond donors (Lipinski definition) is 0. The van der Waals surface area contributed by atoms with E-state index < -0.39 is 0 Å². The van der Waals surface area contributed by atoms with E-state index in [1.807, 2.05) is 12.1 Å². The lowest BCUT2D eigenvalue weighted by Gasteiger charge is -2.17. The van der Waals surface area contributed by atoms with Crippen molar-refractivity contribution in [2.24, 2.45) is 0 Å². The minimum absolute atomic E-state index is 0.534. The van der Waals surface area contributed by atoms with Crippen LogP contribution in [0, 0.1) is 0 Å². The van der Waals surface area contributed by atoms with Crippen LogP contribution in [0.2, 0.25) is 0 Å². The zero-order chi connectivity index (χ0) is 52.4. The van der Waals surface area contributed by atoms with Gasteiger partial charge in [0.25, 0.3) is 0 Å². The summed E-state index contributed by atoms with van der Waals surface area (Å²) in [6.45, 7) is 0. The zero-order valence-electron chi connectivity index (χ0n) is 43.0. The summed E-state index contributed by atoms with van der Waals surface area (Å²) in [7, 11) is 0. The first-order chi connectivity index (χ1) is 39.7. The van der Waals surface area contributed by atoms with Gasteiger partial charge in [0, 0.05) is 82.4 Å². The molecule has 0 bridgehead atoms. The molecule has 5 heterocycles. The molecule has 0 aliphatic heterocycles. The second kappa shape index (κ2) is 17.3. The molecule has 12 aromatic carbocycles. The molecular formula is C73H44N6O. The van der Waals surface area contributed by atoms with Crippen LogP contribution in [0.4, 0.5) is 0 Å². The molecule has 0 fully saturated rings. The summed E-state index contributed by atoms with van der Waals surface area (Å²) in [5, 5.41) is 11.4. The van der Waals surface area contributed by atoms with Crippen molar-refractivity contribution in [2.75, 3.05) is 0 Å². The Hall–Kier alpha value is -10.9. The lowest BCUT2D eigenvalue weighted by molar-refractivity contribution is 0.670. The highest BCUT2D eigenvalue weighted by molar-refractivity contribution is 6.17. The van der Waals surface area contributed by atoms with E-state index >= 15 is 0 Å². The van der Waals surface area contributed by atoms with Gasteiger partial charge >= 0.3 is 0 Å². The number of furan rings is 1. The van der Waals surface area contributed by atoms with Crippen molar-refractivity contribution in [2.45, 2.75) is 0 Å². The summed E-state index contributed by atoms with van der Waals surface area (Å²) in [6, 6.07) is 95.0. The van der Waals surface area contributed by atoms with Crippen LogP contribution in [0.3, 0.4) is 0 Å². The normalized spacial score (nSPS) is 12.0. The van der Waals surface area contributed by atoms with Crippen molar-refractivity contribution in [3.05, 3.63) is 267 Å². The molecule has 7 nitrogen and oxygen atoms in total. The number of rotatable bonds is 7. The molecule has 0 spiro atoms. The molecule has 80 heavy (non-hydrogen) atoms. The second-order valence-corrected chi connectivity index (χ2v) is 20.7. The van der Waals surface area contributed by atoms with Crippen molar-refractivity contribution >= 4 is 98.1 Å². The number of nitrogens with zero attached hydrogens (tertiary/aromatic N) is 6. The van der Waals surface area contributed by atoms with Crippen molar-refractivity contribution in [1.82, 2.24) is 28.7 Å². The lowest BCUT2D eigenvalue weighted by atomic mass is 9.96. The van der Waals surface area contributed by atoms with Crippen LogP contribution in [0.1, 0.15) is 0 Å². The van der Waals surface area contributed by atoms with Crippen LogP contribution >= 0.6 is 0 Å². The smallest absolute Gasteiger partial charge is 0.166 e. The maximum absolute atomic E-state index is 6.93. The molecule has 0 atom stereocenters. The van der Waals surface area contributed by atoms with Gasteiger partial charge in [0.2, 0.25) is 0 Å². The third-order valence-electron chi connectivity index (χ3n) is 16.3. The number of aromatic nitrogens is 6. The minimum atomic E-state index is 0.534. The van der Waals surface area contributed by atoms with Gasteiger partial charge in [-0.2, -0.15) is 0 Å². The fraction of sp³-hybridized carbons (Fsp3) is 0. The van der Waals surface area contributed by atoms with E-state index in [4.69, 9.17) is 19.4 Å². The van der Waals surface area contributed by atoms with Crippen LogP contribution in [0.25, 0.3) is 160 Å². The molecule has 5 aromatic heterocycles. The highest BCUT2D eigenvalue weighted by Gasteiger charge is 2.26. The molecule has 0 unspecified atom stereocenters. The van der Waals surface area contributed by atoms with Crippen molar-refractivity contribution < 1.29 is 4.42 Å². The Morgan fingerprint density at radius 1 is 0.250 bits per heavy atom. The van der Waals surface area contributed by atoms with E-state index in [1.54, 1.807) is 0 Å². The molecule has 0 saturated heterocycles. The van der Waals surface area contributed by atoms with Crippen molar-refractivity contribution in [3.63, 3.8) is 0 Å². The lowest BCUT2D eigenvalue weighted by Crippen LogP contribution is -2.04. The summed E-state index contributed by atoms with van der Waals surface area (Å²) >= 11 is 0. The van der Waals surface area contributed by atoms with E-state index in [2.05, 4.69) is 268 Å². The molecule has 0 aliphatic carbocycles. The topological polar surface area (TPSA) is 66.6 Å². The Kier molecular flexibility index (Phi) is 9.58. The molecule has 0 N–H and O–H groups in total. The van der Waals surface area contributed by atoms with Gasteiger partial charge in [-0.1, -0.05) is 176 Å². The van der Waals surface area contributed by atoms with E-state index in [0.29, 0.717) is 17.5 Å². The molecular weight excluding hydrogens is 977 g/mol.